The van der Waals surface area contributed by atoms with Crippen molar-refractivity contribution in [3.05, 3.63) is 59.1 Å². The normalized spacial score (nSPS) is 14.1. The van der Waals surface area contributed by atoms with Crippen LogP contribution in [0.25, 0.3) is 0 Å². The van der Waals surface area contributed by atoms with Crippen LogP contribution in [0.5, 0.6) is 5.75 Å². The Hall–Kier alpha value is -3.04. The molecule has 1 amide bonds. The van der Waals surface area contributed by atoms with E-state index in [1.54, 1.807) is 36.4 Å². The Balaban J connectivity index is 1.69. The van der Waals surface area contributed by atoms with E-state index in [2.05, 4.69) is 6.07 Å². The molecule has 0 aliphatic heterocycles. The fraction of sp³-hybridized carbons (Fsp3) is 0.375. The van der Waals surface area contributed by atoms with Crippen LogP contribution in [0.2, 0.25) is 5.02 Å². The van der Waals surface area contributed by atoms with E-state index in [0.717, 1.165) is 12.0 Å². The molecule has 2 aromatic carbocycles. The maximum atomic E-state index is 12.9. The highest BCUT2D eigenvalue weighted by atomic mass is 35.5. The number of ether oxygens (including phenoxy) is 2. The Morgan fingerprint density at radius 2 is 1.81 bits per heavy atom. The second kappa shape index (κ2) is 10.3. The molecule has 0 aromatic heterocycles. The summed E-state index contributed by atoms with van der Waals surface area (Å²) in [5.41, 5.74) is 0.755. The average Bonchev–Trinajstić information content (AvgIpc) is 2.74. The van der Waals surface area contributed by atoms with Crippen LogP contribution >= 0.6 is 11.6 Å². The van der Waals surface area contributed by atoms with E-state index >= 15 is 0 Å². The number of carbonyl (C=O) groups is 2. The third-order valence-electron chi connectivity index (χ3n) is 5.53. The van der Waals surface area contributed by atoms with Crippen molar-refractivity contribution in [3.63, 3.8) is 0 Å². The number of carbonyl (C=O) groups excluding carboxylic acids is 2. The maximum absolute atomic E-state index is 12.9. The number of benzene rings is 2. The quantitative estimate of drug-likeness (QED) is 0.530. The van der Waals surface area contributed by atoms with Gasteiger partial charge in [0.15, 0.2) is 6.61 Å². The molecule has 0 saturated heterocycles. The van der Waals surface area contributed by atoms with E-state index in [1.807, 2.05) is 19.1 Å². The van der Waals surface area contributed by atoms with E-state index in [4.69, 9.17) is 26.3 Å². The van der Waals surface area contributed by atoms with Crippen LogP contribution in [0.1, 0.15) is 38.2 Å². The molecule has 1 saturated carbocycles. The molecule has 1 fully saturated rings. The number of nitriles is 1. The fourth-order valence-corrected chi connectivity index (χ4v) is 3.83. The van der Waals surface area contributed by atoms with Crippen molar-refractivity contribution in [1.82, 2.24) is 0 Å². The molecule has 3 rings (SSSR count). The molecule has 0 radical (unpaired) electrons. The Morgan fingerprint density at radius 1 is 1.13 bits per heavy atom. The van der Waals surface area contributed by atoms with Gasteiger partial charge >= 0.3 is 5.97 Å². The fourth-order valence-electron chi connectivity index (χ4n) is 3.70. The lowest BCUT2D eigenvalue weighted by Crippen LogP contribution is -2.45. The minimum Gasteiger partial charge on any atom is -0.494 e. The summed E-state index contributed by atoms with van der Waals surface area (Å²) in [5, 5.41) is 9.57. The minimum absolute atomic E-state index is 0.168. The number of rotatable bonds is 9. The zero-order valence-electron chi connectivity index (χ0n) is 17.5. The summed E-state index contributed by atoms with van der Waals surface area (Å²) >= 11 is 5.97. The maximum Gasteiger partial charge on any atom is 0.317 e. The van der Waals surface area contributed by atoms with Gasteiger partial charge in [0.1, 0.15) is 5.75 Å². The number of anilines is 1. The summed E-state index contributed by atoms with van der Waals surface area (Å²) in [7, 11) is 0. The van der Waals surface area contributed by atoms with Crippen molar-refractivity contribution >= 4 is 29.2 Å². The predicted octanol–water partition coefficient (Wildman–Crippen LogP) is 4.65. The minimum atomic E-state index is -0.721. The van der Waals surface area contributed by atoms with Gasteiger partial charge in [-0.1, -0.05) is 30.2 Å². The summed E-state index contributed by atoms with van der Waals surface area (Å²) < 4.78 is 10.9. The predicted molar refractivity (Wildman–Crippen MR) is 118 cm³/mol. The largest absolute Gasteiger partial charge is 0.494 e. The first-order valence-electron chi connectivity index (χ1n) is 10.3. The van der Waals surface area contributed by atoms with Crippen LogP contribution in [0.4, 0.5) is 5.69 Å². The summed E-state index contributed by atoms with van der Waals surface area (Å²) in [6, 6.07) is 16.3. The molecule has 162 valence electrons. The molecule has 0 spiro atoms. The van der Waals surface area contributed by atoms with Gasteiger partial charge in [0.25, 0.3) is 5.91 Å². The lowest BCUT2D eigenvalue weighted by molar-refractivity contribution is -0.157. The third kappa shape index (κ3) is 5.18. The van der Waals surface area contributed by atoms with Crippen molar-refractivity contribution in [3.8, 4) is 11.8 Å². The monoisotopic (exact) mass is 440 g/mol. The van der Waals surface area contributed by atoms with Gasteiger partial charge in [-0.3, -0.25) is 9.59 Å². The van der Waals surface area contributed by atoms with Crippen molar-refractivity contribution in [2.24, 2.45) is 0 Å². The highest BCUT2D eigenvalue weighted by Gasteiger charge is 2.47. The molecule has 0 N–H and O–H groups in total. The van der Waals surface area contributed by atoms with Gasteiger partial charge < -0.3 is 14.4 Å². The molecule has 1 aliphatic carbocycles. The number of hydrogen-bond acceptors (Lipinski definition) is 5. The van der Waals surface area contributed by atoms with Crippen LogP contribution in [-0.2, 0) is 19.7 Å². The van der Waals surface area contributed by atoms with Gasteiger partial charge in [-0.05, 0) is 61.7 Å². The lowest BCUT2D eigenvalue weighted by atomic mass is 9.64. The molecular formula is C24H25ClN2O4. The summed E-state index contributed by atoms with van der Waals surface area (Å²) in [6.07, 6.45) is 2.45. The summed E-state index contributed by atoms with van der Waals surface area (Å²) in [6.45, 7) is 2.27. The van der Waals surface area contributed by atoms with Crippen LogP contribution in [-0.4, -0.2) is 31.6 Å². The molecule has 7 heteroatoms. The van der Waals surface area contributed by atoms with Crippen LogP contribution in [0.15, 0.2) is 48.5 Å². The summed E-state index contributed by atoms with van der Waals surface area (Å²) in [4.78, 5) is 27.3. The number of hydrogen-bond donors (Lipinski definition) is 0. The first-order chi connectivity index (χ1) is 15.0. The van der Waals surface area contributed by atoms with Gasteiger partial charge in [-0.25, -0.2) is 0 Å². The second-order valence-electron chi connectivity index (χ2n) is 7.40. The lowest BCUT2D eigenvalue weighted by Gasteiger charge is -2.39. The topological polar surface area (TPSA) is 79.6 Å². The molecule has 0 atom stereocenters. The molecular weight excluding hydrogens is 416 g/mol. The van der Waals surface area contributed by atoms with E-state index < -0.39 is 11.4 Å². The summed E-state index contributed by atoms with van der Waals surface area (Å²) in [5.74, 6) is -0.0834. The highest BCUT2D eigenvalue weighted by molar-refractivity contribution is 6.30. The van der Waals surface area contributed by atoms with E-state index in [1.165, 1.54) is 4.90 Å². The zero-order valence-corrected chi connectivity index (χ0v) is 18.2. The molecule has 1 aliphatic rings. The molecule has 0 unspecified atom stereocenters. The van der Waals surface area contributed by atoms with Crippen molar-refractivity contribution in [1.29, 1.82) is 5.26 Å². The van der Waals surface area contributed by atoms with Crippen LogP contribution in [0, 0.1) is 11.3 Å². The molecule has 6 nitrogen and oxygen atoms in total. The second-order valence-corrected chi connectivity index (χ2v) is 7.84. The Morgan fingerprint density at radius 3 is 2.35 bits per heavy atom. The molecule has 2 aromatic rings. The van der Waals surface area contributed by atoms with E-state index in [-0.39, 0.29) is 25.5 Å². The van der Waals surface area contributed by atoms with Gasteiger partial charge in [0.05, 0.1) is 24.5 Å². The van der Waals surface area contributed by atoms with Crippen LogP contribution < -0.4 is 9.64 Å². The molecule has 0 bridgehead atoms. The standard InChI is InChI=1S/C24H25ClN2O4/c1-2-30-21-11-9-20(10-12-21)27(16-4-15-26)22(28)17-31-23(29)24(13-3-14-24)18-5-7-19(25)8-6-18/h5-12H,2-4,13-14,16-17H2,1H3. The van der Waals surface area contributed by atoms with E-state index in [9.17, 15) is 9.59 Å². The number of nitrogens with zero attached hydrogens (tertiary/aromatic N) is 2. The van der Waals surface area contributed by atoms with Gasteiger partial charge in [-0.2, -0.15) is 5.26 Å². The number of esters is 1. The SMILES string of the molecule is CCOc1ccc(N(CCC#N)C(=O)COC(=O)C2(c3ccc(Cl)cc3)CCC2)cc1. The van der Waals surface area contributed by atoms with Crippen molar-refractivity contribution in [2.75, 3.05) is 24.7 Å². The number of amides is 1. The Labute approximate surface area is 187 Å². The van der Waals surface area contributed by atoms with Gasteiger partial charge in [0, 0.05) is 17.3 Å². The zero-order chi connectivity index (χ0) is 22.3. The van der Waals surface area contributed by atoms with Gasteiger partial charge in [0.2, 0.25) is 0 Å². The average molecular weight is 441 g/mol. The third-order valence-corrected chi connectivity index (χ3v) is 5.78. The smallest absolute Gasteiger partial charge is 0.317 e. The highest BCUT2D eigenvalue weighted by Crippen LogP contribution is 2.45. The Bertz CT molecular complexity index is 947. The van der Waals surface area contributed by atoms with Crippen molar-refractivity contribution < 1.29 is 19.1 Å². The first kappa shape index (κ1) is 22.6. The number of halogens is 1. The van der Waals surface area contributed by atoms with Crippen molar-refractivity contribution in [2.45, 2.75) is 38.0 Å². The molecule has 0 heterocycles. The van der Waals surface area contributed by atoms with Crippen LogP contribution in [0.3, 0.4) is 0 Å². The van der Waals surface area contributed by atoms with Gasteiger partial charge in [-0.15, -0.1) is 0 Å². The first-order valence-corrected chi connectivity index (χ1v) is 10.7. The van der Waals surface area contributed by atoms with E-state index in [0.29, 0.717) is 35.9 Å². The molecule has 31 heavy (non-hydrogen) atoms. The Kier molecular flexibility index (Phi) is 7.54.